The number of esters is 1. The molecule has 1 fully saturated rings. The third kappa shape index (κ3) is 18.3. The third-order valence-corrected chi connectivity index (χ3v) is 15.5. The molecule has 5 nitrogen and oxygen atoms in total. The fourth-order valence-electron chi connectivity index (χ4n) is 9.67. The highest BCUT2D eigenvalue weighted by molar-refractivity contribution is 5.69. The largest absolute Gasteiger partial charge is 0.495 e. The molecular weight excluding hydrogens is 765 g/mol. The van der Waals surface area contributed by atoms with E-state index in [1.165, 1.54) is 19.3 Å². The van der Waals surface area contributed by atoms with Crippen molar-refractivity contribution in [2.45, 2.75) is 180 Å². The molecule has 0 N–H and O–H groups in total. The lowest BCUT2D eigenvalue weighted by molar-refractivity contribution is -0.256. The number of hydrogen-bond acceptors (Lipinski definition) is 5. The van der Waals surface area contributed by atoms with Gasteiger partial charge in [0.15, 0.2) is 6.29 Å². The summed E-state index contributed by atoms with van der Waals surface area (Å²) in [7, 11) is 0. The fourth-order valence-corrected chi connectivity index (χ4v) is 9.67. The first-order chi connectivity index (χ1) is 29.4. The Labute approximate surface area is 381 Å². The third-order valence-electron chi connectivity index (χ3n) is 15.5. The lowest BCUT2D eigenvalue weighted by Gasteiger charge is -2.43. The van der Waals surface area contributed by atoms with Crippen molar-refractivity contribution in [3.8, 4) is 0 Å². The monoisotopic (exact) mass is 857 g/mol. The minimum Gasteiger partial charge on any atom is -0.495 e. The number of carbonyl (C=O) groups is 1. The maximum atomic E-state index is 13.1. The number of rotatable bonds is 2. The van der Waals surface area contributed by atoms with Crippen LogP contribution in [0.4, 0.5) is 0 Å². The molecule has 3 heterocycles. The number of allylic oxidation sites excluding steroid dienone is 15. The van der Waals surface area contributed by atoms with Gasteiger partial charge in [0.05, 0.1) is 18.0 Å². The normalized spacial score (nSPS) is 44.6. The van der Waals surface area contributed by atoms with Gasteiger partial charge < -0.3 is 18.9 Å². The summed E-state index contributed by atoms with van der Waals surface area (Å²) in [5, 5.41) is 0. The molecule has 0 radical (unpaired) electrons. The zero-order valence-corrected chi connectivity index (χ0v) is 42.0. The lowest BCUT2D eigenvalue weighted by atomic mass is 9.79. The van der Waals surface area contributed by atoms with Crippen LogP contribution in [0, 0.1) is 76.9 Å². The minimum atomic E-state index is -0.251. The summed E-state index contributed by atoms with van der Waals surface area (Å²) in [6.07, 6.45) is 38.2. The molecule has 1 saturated heterocycles. The van der Waals surface area contributed by atoms with Gasteiger partial charge in [0.2, 0.25) is 0 Å². The van der Waals surface area contributed by atoms with Gasteiger partial charge in [-0.2, -0.15) is 0 Å². The molecule has 3 rings (SSSR count). The second-order valence-corrected chi connectivity index (χ2v) is 20.9. The molecule has 18 atom stereocenters. The van der Waals surface area contributed by atoms with Gasteiger partial charge in [-0.1, -0.05) is 188 Å². The van der Waals surface area contributed by atoms with Gasteiger partial charge >= 0.3 is 5.97 Å². The summed E-state index contributed by atoms with van der Waals surface area (Å²) < 4.78 is 26.3. The first-order valence-electron chi connectivity index (χ1n) is 24.9. The molecule has 62 heavy (non-hydrogen) atoms. The molecule has 0 saturated carbocycles. The minimum absolute atomic E-state index is 0.0607. The summed E-state index contributed by atoms with van der Waals surface area (Å²) in [6.45, 7) is 34.4. The molecule has 3 aliphatic rings. The van der Waals surface area contributed by atoms with Crippen LogP contribution in [0.2, 0.25) is 0 Å². The van der Waals surface area contributed by atoms with E-state index in [2.05, 4.69) is 165 Å². The molecule has 2 bridgehead atoms. The Hall–Kier alpha value is -2.89. The molecule has 0 spiro atoms. The SMILES string of the molecule is CC1OC(O[C@H]2/C=C/C=C/C=C/C=C/C=C/C=C/C=C/[C@H](C)[C@@H](C)[C@@H](C)[C@H](C)OC(=O)C[C@H](C)C[C@H](C)CC[C@@H](C)[C@H](C)C[C@H](C)CC3=C[C@H](C)[C@@H](C)[C@H](C2)O3)C(C)C(C)C1C. The highest BCUT2D eigenvalue weighted by Crippen LogP contribution is 2.39. The predicted molar refractivity (Wildman–Crippen MR) is 263 cm³/mol. The van der Waals surface area contributed by atoms with Gasteiger partial charge in [-0.15, -0.1) is 0 Å². The van der Waals surface area contributed by atoms with E-state index in [0.717, 1.165) is 25.0 Å². The molecule has 5 heteroatoms. The van der Waals surface area contributed by atoms with E-state index < -0.39 is 0 Å². The standard InChI is InChI=1S/C57H92O5/c1-38-30-31-41(4)43(6)33-40(3)34-54-36-44(7)46(9)55(61-54)37-53(62-57-50(13)47(10)49(12)52(15)60-57)29-27-25-23-21-19-17-16-18-20-22-24-26-28-42(5)45(8)48(11)51(14)59-56(58)35-39(2)32-38/h16-29,36,38-53,55,57H,30-35,37H2,1-15H3/b17-16+,20-18+,21-19+,24-22+,25-23+,28-26+,29-27+/t38-,39-,40+,41-,42+,43-,44+,45-,46-,47?,48-,49?,50?,51+,52?,53+,55+,57?/m1/s1. The second kappa shape index (κ2) is 27.4. The zero-order valence-electron chi connectivity index (χ0n) is 42.0. The smallest absolute Gasteiger partial charge is 0.306 e. The van der Waals surface area contributed by atoms with Crippen molar-refractivity contribution in [1.29, 1.82) is 0 Å². The number of carbonyl (C=O) groups excluding carboxylic acids is 1. The van der Waals surface area contributed by atoms with Crippen LogP contribution in [0.3, 0.4) is 0 Å². The highest BCUT2D eigenvalue weighted by atomic mass is 16.7. The Bertz CT molecular complexity index is 1540. The maximum Gasteiger partial charge on any atom is 0.306 e. The topological polar surface area (TPSA) is 54.0 Å². The molecule has 0 aromatic heterocycles. The van der Waals surface area contributed by atoms with Gasteiger partial charge in [0.25, 0.3) is 0 Å². The van der Waals surface area contributed by atoms with Gasteiger partial charge in [0.1, 0.15) is 12.2 Å². The molecule has 0 aromatic rings. The summed E-state index contributed by atoms with van der Waals surface area (Å²) in [4.78, 5) is 13.1. The molecule has 0 aliphatic carbocycles. The van der Waals surface area contributed by atoms with E-state index in [1.807, 2.05) is 30.4 Å². The molecular formula is C57H92O5. The average molecular weight is 857 g/mol. The summed E-state index contributed by atoms with van der Waals surface area (Å²) in [6, 6.07) is 0. The Morgan fingerprint density at radius 3 is 1.63 bits per heavy atom. The highest BCUT2D eigenvalue weighted by Gasteiger charge is 2.40. The number of cyclic esters (lactones) is 1. The molecule has 0 amide bonds. The van der Waals surface area contributed by atoms with Crippen LogP contribution in [0.5, 0.6) is 0 Å². The first-order valence-corrected chi connectivity index (χ1v) is 24.9. The van der Waals surface area contributed by atoms with Crippen LogP contribution < -0.4 is 0 Å². The Kier molecular flexibility index (Phi) is 23.7. The van der Waals surface area contributed by atoms with Crippen molar-refractivity contribution in [2.24, 2.45) is 76.9 Å². The Morgan fingerprint density at radius 1 is 0.468 bits per heavy atom. The number of hydrogen-bond donors (Lipinski definition) is 0. The van der Waals surface area contributed by atoms with Gasteiger partial charge in [-0.25, -0.2) is 0 Å². The van der Waals surface area contributed by atoms with Crippen molar-refractivity contribution >= 4 is 5.97 Å². The summed E-state index contributed by atoms with van der Waals surface area (Å²) in [5.74, 6) is 6.88. The van der Waals surface area contributed by atoms with E-state index >= 15 is 0 Å². The van der Waals surface area contributed by atoms with Crippen molar-refractivity contribution < 1.29 is 23.7 Å². The first kappa shape index (κ1) is 53.4. The van der Waals surface area contributed by atoms with Crippen LogP contribution >= 0.6 is 0 Å². The fraction of sp³-hybridized carbons (Fsp3) is 0.702. The van der Waals surface area contributed by atoms with Gasteiger partial charge in [0, 0.05) is 25.2 Å². The molecule has 3 aliphatic heterocycles. The lowest BCUT2D eigenvalue weighted by Crippen LogP contribution is -2.46. The van der Waals surface area contributed by atoms with Gasteiger partial charge in [-0.3, -0.25) is 4.79 Å². The van der Waals surface area contributed by atoms with E-state index in [9.17, 15) is 4.79 Å². The van der Waals surface area contributed by atoms with Crippen molar-refractivity contribution in [3.05, 3.63) is 96.9 Å². The summed E-state index contributed by atoms with van der Waals surface area (Å²) >= 11 is 0. The van der Waals surface area contributed by atoms with Crippen LogP contribution in [0.15, 0.2) is 96.9 Å². The zero-order chi connectivity index (χ0) is 45.9. The van der Waals surface area contributed by atoms with E-state index in [0.29, 0.717) is 77.4 Å². The van der Waals surface area contributed by atoms with Crippen LogP contribution in [-0.2, 0) is 23.7 Å². The Morgan fingerprint density at radius 2 is 1.02 bits per heavy atom. The van der Waals surface area contributed by atoms with E-state index in [1.54, 1.807) is 0 Å². The van der Waals surface area contributed by atoms with E-state index in [4.69, 9.17) is 18.9 Å². The van der Waals surface area contributed by atoms with E-state index in [-0.39, 0.29) is 42.6 Å². The van der Waals surface area contributed by atoms with Gasteiger partial charge in [-0.05, 0) is 104 Å². The number of ether oxygens (including phenoxy) is 4. The summed E-state index contributed by atoms with van der Waals surface area (Å²) in [5.41, 5.74) is 0. The quantitative estimate of drug-likeness (QED) is 0.259. The van der Waals surface area contributed by atoms with Crippen molar-refractivity contribution in [1.82, 2.24) is 0 Å². The molecule has 5 unspecified atom stereocenters. The van der Waals surface area contributed by atoms with Crippen LogP contribution in [0.25, 0.3) is 0 Å². The van der Waals surface area contributed by atoms with Crippen molar-refractivity contribution in [2.75, 3.05) is 0 Å². The number of fused-ring (bicyclic) bond motifs is 2. The Balaban J connectivity index is 1.78. The average Bonchev–Trinajstić information content (AvgIpc) is 3.21. The second-order valence-electron chi connectivity index (χ2n) is 20.9. The molecule has 0 aromatic carbocycles. The van der Waals surface area contributed by atoms with Crippen LogP contribution in [0.1, 0.15) is 149 Å². The molecule has 350 valence electrons. The maximum absolute atomic E-state index is 13.1. The predicted octanol–water partition coefficient (Wildman–Crippen LogP) is 15.2. The van der Waals surface area contributed by atoms with Crippen LogP contribution in [-0.4, -0.2) is 36.7 Å². The van der Waals surface area contributed by atoms with Crippen molar-refractivity contribution in [3.63, 3.8) is 0 Å².